The molecule has 1 aromatic carbocycles. The lowest BCUT2D eigenvalue weighted by atomic mass is 9.68. The van der Waals surface area contributed by atoms with Crippen LogP contribution in [0.25, 0.3) is 0 Å². The third-order valence-corrected chi connectivity index (χ3v) is 6.95. The Bertz CT molecular complexity index is 615. The van der Waals surface area contributed by atoms with Gasteiger partial charge in [0.25, 0.3) is 0 Å². The van der Waals surface area contributed by atoms with Crippen molar-refractivity contribution in [3.05, 3.63) is 47.3 Å². The van der Waals surface area contributed by atoms with Gasteiger partial charge in [0.2, 0.25) is 0 Å². The van der Waals surface area contributed by atoms with Gasteiger partial charge in [0.1, 0.15) is 0 Å². The molecule has 0 bridgehead atoms. The summed E-state index contributed by atoms with van der Waals surface area (Å²) >= 11 is 0. The summed E-state index contributed by atoms with van der Waals surface area (Å²) in [7, 11) is 0. The van der Waals surface area contributed by atoms with Crippen LogP contribution >= 0.6 is 0 Å². The Morgan fingerprint density at radius 2 is 1.36 bits per heavy atom. The first-order chi connectivity index (χ1) is 13.6. The van der Waals surface area contributed by atoms with Crippen LogP contribution in [0.4, 0.5) is 17.6 Å². The van der Waals surface area contributed by atoms with Crippen LogP contribution in [0.5, 0.6) is 0 Å². The molecule has 156 valence electrons. The van der Waals surface area contributed by atoms with Crippen LogP contribution in [0, 0.1) is 35.2 Å². The maximum absolute atomic E-state index is 13.5. The van der Waals surface area contributed by atoms with E-state index in [9.17, 15) is 17.6 Å². The summed E-state index contributed by atoms with van der Waals surface area (Å²) in [5.74, 6) is -1.12. The van der Waals surface area contributed by atoms with E-state index < -0.39 is 17.5 Å². The highest BCUT2D eigenvalue weighted by Crippen LogP contribution is 2.44. The number of hydrogen-bond donors (Lipinski definition) is 0. The summed E-state index contributed by atoms with van der Waals surface area (Å²) in [5.41, 5.74) is 0.609. The van der Waals surface area contributed by atoms with E-state index in [1.54, 1.807) is 0 Å². The smallest absolute Gasteiger partial charge is 0.194 e. The van der Waals surface area contributed by atoms with Crippen molar-refractivity contribution in [1.82, 2.24) is 0 Å². The molecule has 0 unspecified atom stereocenters. The highest BCUT2D eigenvalue weighted by Gasteiger charge is 2.31. The predicted molar refractivity (Wildman–Crippen MR) is 105 cm³/mol. The largest absolute Gasteiger partial charge is 0.251 e. The molecule has 2 aliphatic carbocycles. The van der Waals surface area contributed by atoms with Gasteiger partial charge in [-0.2, -0.15) is 0 Å². The summed E-state index contributed by atoms with van der Waals surface area (Å²) in [4.78, 5) is 0. The minimum Gasteiger partial charge on any atom is -0.251 e. The Morgan fingerprint density at radius 3 is 1.93 bits per heavy atom. The number of halogens is 4. The van der Waals surface area contributed by atoms with E-state index >= 15 is 0 Å². The standard InChI is InChI=1S/C24H32F4/c25-14-4-2-1-3-5-17-6-8-18(9-7-17)19-10-12-20(13-11-19)21-15-22(26)24(28)23(27)16-21/h1,3,15-20H,2,4-14H2. The van der Waals surface area contributed by atoms with Crippen LogP contribution in [0.1, 0.15) is 82.1 Å². The van der Waals surface area contributed by atoms with Crippen molar-refractivity contribution in [2.45, 2.75) is 76.5 Å². The Balaban J connectivity index is 1.42. The minimum absolute atomic E-state index is 0.145. The first-order valence-electron chi connectivity index (χ1n) is 10.9. The normalized spacial score (nSPS) is 28.7. The van der Waals surface area contributed by atoms with Gasteiger partial charge in [0.05, 0.1) is 6.67 Å². The van der Waals surface area contributed by atoms with Gasteiger partial charge in [0, 0.05) is 0 Å². The van der Waals surface area contributed by atoms with Crippen LogP contribution in [0.2, 0.25) is 0 Å². The van der Waals surface area contributed by atoms with Gasteiger partial charge >= 0.3 is 0 Å². The van der Waals surface area contributed by atoms with Gasteiger partial charge in [0.15, 0.2) is 17.5 Å². The molecule has 0 N–H and O–H groups in total. The van der Waals surface area contributed by atoms with Gasteiger partial charge in [-0.3, -0.25) is 4.39 Å². The Labute approximate surface area is 166 Å². The van der Waals surface area contributed by atoms with Gasteiger partial charge < -0.3 is 0 Å². The van der Waals surface area contributed by atoms with E-state index in [4.69, 9.17) is 0 Å². The number of unbranched alkanes of at least 4 members (excludes halogenated alkanes) is 1. The third-order valence-electron chi connectivity index (χ3n) is 6.95. The SMILES string of the molecule is FCCCC=CCC1CCC(C2CCC(c3cc(F)c(F)c(F)c3)CC2)CC1. The highest BCUT2D eigenvalue weighted by molar-refractivity contribution is 5.23. The fraction of sp³-hybridized carbons (Fsp3) is 0.667. The quantitative estimate of drug-likeness (QED) is 0.190. The molecule has 0 aromatic heterocycles. The lowest BCUT2D eigenvalue weighted by molar-refractivity contribution is 0.160. The molecule has 28 heavy (non-hydrogen) atoms. The van der Waals surface area contributed by atoms with Crippen molar-refractivity contribution in [1.29, 1.82) is 0 Å². The molecule has 0 aliphatic heterocycles. The van der Waals surface area contributed by atoms with Gasteiger partial charge in [-0.05, 0) is 112 Å². The minimum atomic E-state index is -1.37. The molecule has 0 saturated heterocycles. The topological polar surface area (TPSA) is 0 Å². The van der Waals surface area contributed by atoms with Crippen LogP contribution in [-0.4, -0.2) is 6.67 Å². The van der Waals surface area contributed by atoms with Crippen molar-refractivity contribution < 1.29 is 17.6 Å². The van der Waals surface area contributed by atoms with Crippen LogP contribution < -0.4 is 0 Å². The maximum Gasteiger partial charge on any atom is 0.194 e. The van der Waals surface area contributed by atoms with Crippen molar-refractivity contribution in [3.8, 4) is 0 Å². The van der Waals surface area contributed by atoms with E-state index in [1.807, 2.05) is 0 Å². The summed E-state index contributed by atoms with van der Waals surface area (Å²) in [5, 5.41) is 0. The number of alkyl halides is 1. The Hall–Kier alpha value is -1.32. The molecule has 0 amide bonds. The first kappa shape index (κ1) is 21.4. The fourth-order valence-electron chi connectivity index (χ4n) is 5.23. The van der Waals surface area contributed by atoms with Crippen LogP contribution in [0.15, 0.2) is 24.3 Å². The molecule has 0 heterocycles. The molecule has 0 spiro atoms. The molecule has 2 saturated carbocycles. The molecular formula is C24H32F4. The molecule has 0 nitrogen and oxygen atoms in total. The average Bonchev–Trinajstić information content (AvgIpc) is 2.72. The van der Waals surface area contributed by atoms with Gasteiger partial charge in [-0.25, -0.2) is 13.2 Å². The number of benzene rings is 1. The lowest BCUT2D eigenvalue weighted by Gasteiger charge is -2.38. The second kappa shape index (κ2) is 10.5. The summed E-state index contributed by atoms with van der Waals surface area (Å²) < 4.78 is 52.3. The molecular weight excluding hydrogens is 364 g/mol. The predicted octanol–water partition coefficient (Wildman–Crippen LogP) is 7.88. The molecule has 2 fully saturated rings. The average molecular weight is 397 g/mol. The van der Waals surface area contributed by atoms with E-state index in [1.165, 1.54) is 37.8 Å². The van der Waals surface area contributed by atoms with E-state index in [0.29, 0.717) is 17.9 Å². The Kier molecular flexibility index (Phi) is 7.99. The van der Waals surface area contributed by atoms with Gasteiger partial charge in [-0.15, -0.1) is 0 Å². The second-order valence-electron chi connectivity index (χ2n) is 8.73. The zero-order chi connectivity index (χ0) is 19.9. The molecule has 1 aromatic rings. The molecule has 0 radical (unpaired) electrons. The van der Waals surface area contributed by atoms with Crippen molar-refractivity contribution in [3.63, 3.8) is 0 Å². The summed E-state index contributed by atoms with van der Waals surface area (Å²) in [6.45, 7) is -0.233. The summed E-state index contributed by atoms with van der Waals surface area (Å²) in [6.07, 6.45) is 16.1. The zero-order valence-corrected chi connectivity index (χ0v) is 16.6. The number of allylic oxidation sites excluding steroid dienone is 2. The van der Waals surface area contributed by atoms with Gasteiger partial charge in [-0.1, -0.05) is 12.2 Å². The second-order valence-corrected chi connectivity index (χ2v) is 8.73. The summed E-state index contributed by atoms with van der Waals surface area (Å²) in [6, 6.07) is 2.35. The highest BCUT2D eigenvalue weighted by atomic mass is 19.2. The van der Waals surface area contributed by atoms with Crippen LogP contribution in [0.3, 0.4) is 0 Å². The van der Waals surface area contributed by atoms with Crippen LogP contribution in [-0.2, 0) is 0 Å². The van der Waals surface area contributed by atoms with Crippen molar-refractivity contribution in [2.24, 2.45) is 17.8 Å². The van der Waals surface area contributed by atoms with E-state index in [-0.39, 0.29) is 12.6 Å². The molecule has 4 heteroatoms. The van der Waals surface area contributed by atoms with Crippen molar-refractivity contribution >= 4 is 0 Å². The molecule has 2 aliphatic rings. The zero-order valence-electron chi connectivity index (χ0n) is 16.6. The van der Waals surface area contributed by atoms with Crippen molar-refractivity contribution in [2.75, 3.05) is 6.67 Å². The maximum atomic E-state index is 13.5. The number of hydrogen-bond acceptors (Lipinski definition) is 0. The van der Waals surface area contributed by atoms with E-state index in [0.717, 1.165) is 50.4 Å². The monoisotopic (exact) mass is 396 g/mol. The lowest BCUT2D eigenvalue weighted by Crippen LogP contribution is -2.25. The van der Waals surface area contributed by atoms with E-state index in [2.05, 4.69) is 12.2 Å². The first-order valence-corrected chi connectivity index (χ1v) is 10.9. The fourth-order valence-corrected chi connectivity index (χ4v) is 5.23. The third kappa shape index (κ3) is 5.61. The molecule has 3 rings (SSSR count). The number of rotatable bonds is 7. The molecule has 0 atom stereocenters. The Morgan fingerprint density at radius 1 is 0.786 bits per heavy atom.